The van der Waals surface area contributed by atoms with Gasteiger partial charge in [-0.1, -0.05) is 24.3 Å². The number of carbonyl (C=O) groups is 3. The van der Waals surface area contributed by atoms with Gasteiger partial charge in [0.15, 0.2) is 0 Å². The van der Waals surface area contributed by atoms with E-state index in [1.807, 2.05) is 0 Å². The molecule has 0 bridgehead atoms. The predicted octanol–water partition coefficient (Wildman–Crippen LogP) is 2.82. The molecule has 12 heteroatoms. The zero-order valence-electron chi connectivity index (χ0n) is 19.7. The molecule has 1 aliphatic rings. The third-order valence-electron chi connectivity index (χ3n) is 5.22. The fraction of sp³-hybridized carbons (Fsp3) is 0.292. The second-order valence-corrected chi connectivity index (χ2v) is 7.53. The van der Waals surface area contributed by atoms with Crippen molar-refractivity contribution < 1.29 is 33.5 Å². The summed E-state index contributed by atoms with van der Waals surface area (Å²) in [6, 6.07) is 11.4. The van der Waals surface area contributed by atoms with E-state index in [1.54, 1.807) is 43.3 Å². The zero-order chi connectivity index (χ0) is 26.1. The number of benzene rings is 2. The van der Waals surface area contributed by atoms with Gasteiger partial charge in [-0.2, -0.15) is 0 Å². The van der Waals surface area contributed by atoms with Crippen molar-refractivity contribution in [3.63, 3.8) is 0 Å². The number of amides is 2. The molecule has 0 aliphatic carbocycles. The molecule has 0 spiro atoms. The predicted molar refractivity (Wildman–Crippen MR) is 128 cm³/mol. The lowest BCUT2D eigenvalue weighted by molar-refractivity contribution is -0.384. The van der Waals surface area contributed by atoms with Crippen LogP contribution in [-0.4, -0.2) is 49.8 Å². The quantitative estimate of drug-likeness (QED) is 0.241. The van der Waals surface area contributed by atoms with Crippen molar-refractivity contribution in [1.29, 1.82) is 0 Å². The maximum absolute atomic E-state index is 12.8. The van der Waals surface area contributed by atoms with E-state index in [2.05, 4.69) is 16.0 Å². The lowest BCUT2D eigenvalue weighted by Crippen LogP contribution is -2.47. The van der Waals surface area contributed by atoms with Crippen LogP contribution in [0.2, 0.25) is 0 Å². The first-order chi connectivity index (χ1) is 17.3. The summed E-state index contributed by atoms with van der Waals surface area (Å²) in [6.45, 7) is 1.46. The molecule has 2 amide bonds. The summed E-state index contributed by atoms with van der Waals surface area (Å²) in [5, 5.41) is 19.1. The molecule has 0 saturated carbocycles. The molecule has 2 aromatic carbocycles. The molecule has 12 nitrogen and oxygen atoms in total. The van der Waals surface area contributed by atoms with Gasteiger partial charge in [-0.05, 0) is 30.7 Å². The average molecular weight is 498 g/mol. The Labute approximate surface area is 206 Å². The maximum Gasteiger partial charge on any atom is 0.338 e. The molecule has 0 saturated heterocycles. The van der Waals surface area contributed by atoms with Crippen LogP contribution in [0.3, 0.4) is 0 Å². The average Bonchev–Trinajstić information content (AvgIpc) is 2.87. The van der Waals surface area contributed by atoms with Crippen molar-refractivity contribution in [3.05, 3.63) is 75.5 Å². The second-order valence-electron chi connectivity index (χ2n) is 7.53. The molecule has 3 N–H and O–H groups in total. The van der Waals surface area contributed by atoms with Gasteiger partial charge in [-0.15, -0.1) is 0 Å². The number of nitro groups is 1. The molecule has 1 heterocycles. The van der Waals surface area contributed by atoms with Crippen LogP contribution in [-0.2, 0) is 19.1 Å². The topological polar surface area (TPSA) is 158 Å². The second kappa shape index (κ2) is 12.2. The Kier molecular flexibility index (Phi) is 8.81. The summed E-state index contributed by atoms with van der Waals surface area (Å²) in [4.78, 5) is 48.0. The highest BCUT2D eigenvalue weighted by Gasteiger charge is 2.34. The highest BCUT2D eigenvalue weighted by atomic mass is 16.6. The Bertz CT molecular complexity index is 1160. The van der Waals surface area contributed by atoms with Crippen LogP contribution >= 0.6 is 0 Å². The number of rotatable bonds is 11. The van der Waals surface area contributed by atoms with E-state index in [4.69, 9.17) is 14.2 Å². The minimum atomic E-state index is -0.835. The number of esters is 2. The number of para-hydroxylation sites is 2. The van der Waals surface area contributed by atoms with E-state index in [9.17, 15) is 24.5 Å². The minimum Gasteiger partial charge on any atom is -0.497 e. The number of hydrogen-bond donors (Lipinski definition) is 3. The van der Waals surface area contributed by atoms with Crippen LogP contribution in [0.5, 0.6) is 5.75 Å². The molecule has 1 unspecified atom stereocenters. The van der Waals surface area contributed by atoms with Crippen molar-refractivity contribution in [1.82, 2.24) is 10.6 Å². The van der Waals surface area contributed by atoms with E-state index >= 15 is 0 Å². The fourth-order valence-corrected chi connectivity index (χ4v) is 3.53. The largest absolute Gasteiger partial charge is 0.497 e. The smallest absolute Gasteiger partial charge is 0.338 e. The lowest BCUT2D eigenvalue weighted by atomic mass is 9.95. The minimum absolute atomic E-state index is 0.0792. The van der Waals surface area contributed by atoms with E-state index in [0.29, 0.717) is 11.3 Å². The van der Waals surface area contributed by atoms with Crippen molar-refractivity contribution in [3.8, 4) is 5.75 Å². The van der Waals surface area contributed by atoms with E-state index in [0.717, 1.165) is 0 Å². The first-order valence-electron chi connectivity index (χ1n) is 11.1. The highest BCUT2D eigenvalue weighted by molar-refractivity contribution is 5.95. The van der Waals surface area contributed by atoms with Gasteiger partial charge in [0.25, 0.3) is 5.69 Å². The Morgan fingerprint density at radius 2 is 1.83 bits per heavy atom. The number of nitrogens with zero attached hydrogens (tertiary/aromatic N) is 1. The Hall–Kier alpha value is -4.61. The molecule has 1 aliphatic heterocycles. The maximum atomic E-state index is 12.8. The third-order valence-corrected chi connectivity index (χ3v) is 5.22. The van der Waals surface area contributed by atoms with Crippen LogP contribution in [0.1, 0.15) is 24.9 Å². The van der Waals surface area contributed by atoms with E-state index in [-0.39, 0.29) is 48.8 Å². The summed E-state index contributed by atoms with van der Waals surface area (Å²) >= 11 is 0. The van der Waals surface area contributed by atoms with Gasteiger partial charge in [-0.3, -0.25) is 14.9 Å². The zero-order valence-corrected chi connectivity index (χ0v) is 19.7. The SMILES string of the molecule is CCOC(=O)C1=C(COC(=O)CCNc2ccccc2[N+](=O)[O-])NC(=O)NC1c1ccc(OC)cc1. The molecule has 2 aromatic rings. The molecule has 190 valence electrons. The molecule has 1 atom stereocenters. The van der Waals surface area contributed by atoms with Crippen molar-refractivity contribution in [2.45, 2.75) is 19.4 Å². The molecule has 0 radical (unpaired) electrons. The number of nitro benzene ring substituents is 1. The van der Waals surface area contributed by atoms with Crippen molar-refractivity contribution >= 4 is 29.3 Å². The Morgan fingerprint density at radius 3 is 2.50 bits per heavy atom. The molecule has 0 aromatic heterocycles. The van der Waals surface area contributed by atoms with Gasteiger partial charge in [0, 0.05) is 12.6 Å². The number of methoxy groups -OCH3 is 1. The Morgan fingerprint density at radius 1 is 1.11 bits per heavy atom. The first-order valence-corrected chi connectivity index (χ1v) is 11.1. The summed E-state index contributed by atoms with van der Waals surface area (Å²) in [5.41, 5.74) is 0.962. The van der Waals surface area contributed by atoms with Gasteiger partial charge in [0.05, 0.1) is 42.4 Å². The lowest BCUT2D eigenvalue weighted by Gasteiger charge is -2.29. The van der Waals surface area contributed by atoms with Gasteiger partial charge in [0.1, 0.15) is 18.0 Å². The Balaban J connectivity index is 1.71. The van der Waals surface area contributed by atoms with Crippen molar-refractivity contribution in [2.75, 3.05) is 32.2 Å². The standard InChI is InChI=1S/C24H26N4O8/c1-3-35-23(30)21-18(26-24(31)27-22(21)15-8-10-16(34-2)11-9-15)14-36-20(29)12-13-25-17-6-4-5-7-19(17)28(32)33/h4-11,22,25H,3,12-14H2,1-2H3,(H2,26,27,31). The number of urea groups is 1. The number of anilines is 1. The first kappa shape index (κ1) is 26.0. The van der Waals surface area contributed by atoms with Gasteiger partial charge < -0.3 is 30.2 Å². The number of carbonyl (C=O) groups excluding carboxylic acids is 3. The van der Waals surface area contributed by atoms with Gasteiger partial charge >= 0.3 is 18.0 Å². The highest BCUT2D eigenvalue weighted by Crippen LogP contribution is 2.29. The number of nitrogens with one attached hydrogen (secondary N) is 3. The molecule has 0 fully saturated rings. The van der Waals surface area contributed by atoms with Gasteiger partial charge in [-0.25, -0.2) is 9.59 Å². The summed E-state index contributed by atoms with van der Waals surface area (Å²) in [5.74, 6) is -0.704. The number of ether oxygens (including phenoxy) is 3. The van der Waals surface area contributed by atoms with E-state index < -0.39 is 28.9 Å². The monoisotopic (exact) mass is 498 g/mol. The molecular formula is C24H26N4O8. The van der Waals surface area contributed by atoms with Crippen LogP contribution in [0.25, 0.3) is 0 Å². The van der Waals surface area contributed by atoms with Gasteiger partial charge in [0.2, 0.25) is 0 Å². The number of hydrogen-bond acceptors (Lipinski definition) is 9. The van der Waals surface area contributed by atoms with Crippen LogP contribution in [0, 0.1) is 10.1 Å². The summed E-state index contributed by atoms with van der Waals surface area (Å²) < 4.78 is 15.6. The molecule has 3 rings (SSSR count). The molecular weight excluding hydrogens is 472 g/mol. The van der Waals surface area contributed by atoms with Crippen LogP contribution in [0.4, 0.5) is 16.2 Å². The third kappa shape index (κ3) is 6.50. The van der Waals surface area contributed by atoms with Crippen molar-refractivity contribution in [2.24, 2.45) is 0 Å². The fourth-order valence-electron chi connectivity index (χ4n) is 3.53. The molecule has 36 heavy (non-hydrogen) atoms. The van der Waals surface area contributed by atoms with E-state index in [1.165, 1.54) is 19.2 Å². The van der Waals surface area contributed by atoms with Crippen LogP contribution in [0.15, 0.2) is 59.8 Å². The normalized spacial score (nSPS) is 14.8. The summed E-state index contributed by atoms with van der Waals surface area (Å²) in [7, 11) is 1.52. The van der Waals surface area contributed by atoms with Crippen LogP contribution < -0.4 is 20.7 Å². The summed E-state index contributed by atoms with van der Waals surface area (Å²) in [6.07, 6.45) is -0.109.